The Balaban J connectivity index is 1.58. The van der Waals surface area contributed by atoms with Crippen LogP contribution in [0.2, 0.25) is 5.02 Å². The fourth-order valence-corrected chi connectivity index (χ4v) is 3.64. The molecule has 3 aromatic carbocycles. The third-order valence-corrected chi connectivity index (χ3v) is 5.23. The largest absolute Gasteiger partial charge is 0.493 e. The number of aromatic nitrogens is 1. The molecule has 1 heterocycles. The van der Waals surface area contributed by atoms with Crippen LogP contribution in [0.4, 0.5) is 10.1 Å². The van der Waals surface area contributed by atoms with E-state index in [0.717, 1.165) is 0 Å². The zero-order valence-electron chi connectivity index (χ0n) is 15.7. The highest BCUT2D eigenvalue weighted by Gasteiger charge is 2.14. The van der Waals surface area contributed by atoms with E-state index in [1.165, 1.54) is 18.2 Å². The first-order valence-electron chi connectivity index (χ1n) is 9.04. The van der Waals surface area contributed by atoms with Crippen LogP contribution in [-0.4, -0.2) is 17.5 Å². The van der Waals surface area contributed by atoms with E-state index in [-0.39, 0.29) is 16.8 Å². The molecule has 0 fully saturated rings. The van der Waals surface area contributed by atoms with Crippen molar-refractivity contribution >= 4 is 50.2 Å². The Kier molecular flexibility index (Phi) is 5.74. The van der Waals surface area contributed by atoms with Crippen molar-refractivity contribution in [2.45, 2.75) is 6.92 Å². The molecule has 0 saturated carbocycles. The Hall–Kier alpha value is -2.90. The molecule has 5 nitrogen and oxygen atoms in total. The van der Waals surface area contributed by atoms with Gasteiger partial charge in [-0.25, -0.2) is 9.37 Å². The van der Waals surface area contributed by atoms with Gasteiger partial charge in [-0.05, 0) is 77.5 Å². The van der Waals surface area contributed by atoms with Crippen LogP contribution in [0.3, 0.4) is 0 Å². The molecule has 1 amide bonds. The first kappa shape index (κ1) is 20.4. The van der Waals surface area contributed by atoms with Gasteiger partial charge in [-0.1, -0.05) is 11.6 Å². The van der Waals surface area contributed by atoms with Crippen molar-refractivity contribution in [1.82, 2.24) is 4.98 Å². The summed E-state index contributed by atoms with van der Waals surface area (Å²) in [6, 6.07) is 14.2. The zero-order valence-corrected chi connectivity index (χ0v) is 18.1. The third kappa shape index (κ3) is 4.17. The van der Waals surface area contributed by atoms with Crippen molar-refractivity contribution in [1.29, 1.82) is 0 Å². The maximum atomic E-state index is 13.3. The summed E-state index contributed by atoms with van der Waals surface area (Å²) in [6.45, 7) is 2.43. The number of rotatable bonds is 5. The molecule has 1 N–H and O–H groups in total. The molecule has 8 heteroatoms. The minimum atomic E-state index is -0.439. The molecule has 152 valence electrons. The average molecular weight is 490 g/mol. The van der Waals surface area contributed by atoms with Gasteiger partial charge in [0.15, 0.2) is 5.58 Å². The number of hydrogen-bond donors (Lipinski definition) is 1. The molecule has 0 bridgehead atoms. The summed E-state index contributed by atoms with van der Waals surface area (Å²) in [5.41, 5.74) is 2.58. The number of anilines is 1. The van der Waals surface area contributed by atoms with Gasteiger partial charge in [-0.3, -0.25) is 4.79 Å². The molecule has 4 rings (SSSR count). The number of carbonyl (C=O) groups is 1. The molecule has 0 aliphatic carbocycles. The number of nitrogens with one attached hydrogen (secondary N) is 1. The molecule has 0 aliphatic heterocycles. The summed E-state index contributed by atoms with van der Waals surface area (Å²) in [6.07, 6.45) is 0. The summed E-state index contributed by atoms with van der Waals surface area (Å²) >= 11 is 9.50. The number of amides is 1. The highest BCUT2D eigenvalue weighted by atomic mass is 79.9. The van der Waals surface area contributed by atoms with Crippen LogP contribution in [0.5, 0.6) is 5.75 Å². The maximum absolute atomic E-state index is 13.3. The summed E-state index contributed by atoms with van der Waals surface area (Å²) in [4.78, 5) is 17.0. The lowest BCUT2D eigenvalue weighted by molar-refractivity contribution is 0.102. The average Bonchev–Trinajstić information content (AvgIpc) is 3.12. The van der Waals surface area contributed by atoms with Gasteiger partial charge in [0.05, 0.1) is 21.7 Å². The predicted octanol–water partition coefficient (Wildman–Crippen LogP) is 6.70. The summed E-state index contributed by atoms with van der Waals surface area (Å²) < 4.78 is 25.2. The van der Waals surface area contributed by atoms with Crippen LogP contribution >= 0.6 is 27.5 Å². The molecular formula is C22H15BrClFN2O3. The van der Waals surface area contributed by atoms with Crippen molar-refractivity contribution in [2.24, 2.45) is 0 Å². The molecule has 1 aromatic heterocycles. The van der Waals surface area contributed by atoms with Crippen molar-refractivity contribution < 1.29 is 18.3 Å². The number of benzene rings is 3. The second-order valence-electron chi connectivity index (χ2n) is 6.36. The Morgan fingerprint density at radius 2 is 2.03 bits per heavy atom. The van der Waals surface area contributed by atoms with E-state index < -0.39 is 5.82 Å². The molecule has 0 unspecified atom stereocenters. The molecule has 0 radical (unpaired) electrons. The fraction of sp³-hybridized carbons (Fsp3) is 0.0909. The lowest BCUT2D eigenvalue weighted by Crippen LogP contribution is -2.12. The SMILES string of the molecule is CCOc1ccc(C(=O)Nc2ccc3oc(-c4ccc(F)cc4Cl)nc3c2)cc1Br. The number of ether oxygens (including phenoxy) is 1. The van der Waals surface area contributed by atoms with Crippen LogP contribution in [0.1, 0.15) is 17.3 Å². The molecule has 4 aromatic rings. The fourth-order valence-electron chi connectivity index (χ4n) is 2.90. The van der Waals surface area contributed by atoms with Crippen LogP contribution in [-0.2, 0) is 0 Å². The van der Waals surface area contributed by atoms with Gasteiger partial charge in [0.25, 0.3) is 5.91 Å². The van der Waals surface area contributed by atoms with E-state index in [2.05, 4.69) is 26.2 Å². The van der Waals surface area contributed by atoms with Crippen LogP contribution < -0.4 is 10.1 Å². The van der Waals surface area contributed by atoms with Crippen molar-refractivity contribution in [2.75, 3.05) is 11.9 Å². The molecule has 30 heavy (non-hydrogen) atoms. The van der Waals surface area contributed by atoms with E-state index >= 15 is 0 Å². The number of fused-ring (bicyclic) bond motifs is 1. The zero-order chi connectivity index (χ0) is 21.3. The van der Waals surface area contributed by atoms with Gasteiger partial charge < -0.3 is 14.5 Å². The summed E-state index contributed by atoms with van der Waals surface area (Å²) in [7, 11) is 0. The number of hydrogen-bond acceptors (Lipinski definition) is 4. The summed E-state index contributed by atoms with van der Waals surface area (Å²) in [5, 5.41) is 3.04. The molecule has 0 aliphatic rings. The Bertz CT molecular complexity index is 1260. The van der Waals surface area contributed by atoms with E-state index in [0.29, 0.717) is 44.7 Å². The lowest BCUT2D eigenvalue weighted by Gasteiger charge is -2.09. The molecular weight excluding hydrogens is 475 g/mol. The van der Waals surface area contributed by atoms with Crippen LogP contribution in [0.15, 0.2) is 63.5 Å². The third-order valence-electron chi connectivity index (χ3n) is 4.30. The topological polar surface area (TPSA) is 64.4 Å². The molecule has 0 atom stereocenters. The second kappa shape index (κ2) is 8.45. The Labute approximate surface area is 184 Å². The monoisotopic (exact) mass is 488 g/mol. The van der Waals surface area contributed by atoms with Gasteiger partial charge in [0, 0.05) is 11.3 Å². The van der Waals surface area contributed by atoms with Gasteiger partial charge in [-0.2, -0.15) is 0 Å². The highest BCUT2D eigenvalue weighted by molar-refractivity contribution is 9.10. The minimum absolute atomic E-state index is 0.205. The number of halogens is 3. The first-order valence-corrected chi connectivity index (χ1v) is 10.2. The Morgan fingerprint density at radius 3 is 2.77 bits per heavy atom. The van der Waals surface area contributed by atoms with E-state index in [4.69, 9.17) is 20.8 Å². The van der Waals surface area contributed by atoms with Gasteiger partial charge in [-0.15, -0.1) is 0 Å². The van der Waals surface area contributed by atoms with E-state index in [1.54, 1.807) is 36.4 Å². The van der Waals surface area contributed by atoms with Gasteiger partial charge >= 0.3 is 0 Å². The van der Waals surface area contributed by atoms with E-state index in [9.17, 15) is 9.18 Å². The highest BCUT2D eigenvalue weighted by Crippen LogP contribution is 2.32. The minimum Gasteiger partial charge on any atom is -0.493 e. The van der Waals surface area contributed by atoms with Crippen LogP contribution in [0, 0.1) is 5.82 Å². The lowest BCUT2D eigenvalue weighted by atomic mass is 10.2. The number of oxazole rings is 1. The molecule has 0 spiro atoms. The molecule has 0 saturated heterocycles. The maximum Gasteiger partial charge on any atom is 0.255 e. The predicted molar refractivity (Wildman–Crippen MR) is 118 cm³/mol. The van der Waals surface area contributed by atoms with Crippen molar-refractivity contribution in [3.8, 4) is 17.2 Å². The smallest absolute Gasteiger partial charge is 0.255 e. The quantitative estimate of drug-likeness (QED) is 0.339. The standard InChI is InChI=1S/C22H15BrClFN2O3/c1-2-29-19-7-3-12(9-16(19)23)21(28)26-14-5-8-20-18(11-14)27-22(30-20)15-6-4-13(25)10-17(15)24/h3-11H,2H2,1H3,(H,26,28). The van der Waals surface area contributed by atoms with E-state index in [1.807, 2.05) is 6.92 Å². The van der Waals surface area contributed by atoms with Crippen molar-refractivity contribution in [3.05, 3.63) is 75.5 Å². The number of carbonyl (C=O) groups excluding carboxylic acids is 1. The van der Waals surface area contributed by atoms with Gasteiger partial charge in [0.1, 0.15) is 17.1 Å². The second-order valence-corrected chi connectivity index (χ2v) is 7.62. The normalized spacial score (nSPS) is 10.9. The summed E-state index contributed by atoms with van der Waals surface area (Å²) in [5.74, 6) is 0.230. The van der Waals surface area contributed by atoms with Crippen molar-refractivity contribution in [3.63, 3.8) is 0 Å². The van der Waals surface area contributed by atoms with Gasteiger partial charge in [0.2, 0.25) is 5.89 Å². The number of nitrogens with zero attached hydrogens (tertiary/aromatic N) is 1. The first-order chi connectivity index (χ1) is 14.4. The Morgan fingerprint density at radius 1 is 1.20 bits per heavy atom. The van der Waals surface area contributed by atoms with Crippen LogP contribution in [0.25, 0.3) is 22.6 Å².